The molecule has 0 spiro atoms. The van der Waals surface area contributed by atoms with Crippen LogP contribution in [0, 0.1) is 17.8 Å². The van der Waals surface area contributed by atoms with Crippen molar-refractivity contribution < 1.29 is 0 Å². The molecule has 1 rings (SSSR count). The molecule has 108 valence electrons. The summed E-state index contributed by atoms with van der Waals surface area (Å²) in [5, 5.41) is 0. The van der Waals surface area contributed by atoms with Gasteiger partial charge < -0.3 is 5.73 Å². The Balaban J connectivity index is 2.61. The van der Waals surface area contributed by atoms with Crippen LogP contribution >= 0.6 is 0 Å². The van der Waals surface area contributed by atoms with E-state index < -0.39 is 0 Å². The van der Waals surface area contributed by atoms with Crippen molar-refractivity contribution in [2.24, 2.45) is 23.5 Å². The van der Waals surface area contributed by atoms with E-state index in [2.05, 4.69) is 46.6 Å². The van der Waals surface area contributed by atoms with E-state index in [-0.39, 0.29) is 0 Å². The Kier molecular flexibility index (Phi) is 6.13. The number of rotatable bonds is 5. The zero-order valence-corrected chi connectivity index (χ0v) is 13.3. The van der Waals surface area contributed by atoms with Crippen LogP contribution in [0.15, 0.2) is 0 Å². The molecule has 2 heteroatoms. The van der Waals surface area contributed by atoms with E-state index in [0.29, 0.717) is 18.1 Å². The van der Waals surface area contributed by atoms with Crippen LogP contribution in [0.5, 0.6) is 0 Å². The summed E-state index contributed by atoms with van der Waals surface area (Å²) in [6, 6.07) is 1.60. The molecule has 0 radical (unpaired) electrons. The highest BCUT2D eigenvalue weighted by Crippen LogP contribution is 2.32. The molecule has 1 aliphatic carbocycles. The third kappa shape index (κ3) is 4.24. The quantitative estimate of drug-likeness (QED) is 0.813. The molecule has 0 amide bonds. The molecule has 0 aromatic rings. The molecule has 2 N–H and O–H groups in total. The molecule has 0 aromatic carbocycles. The topological polar surface area (TPSA) is 29.3 Å². The van der Waals surface area contributed by atoms with Gasteiger partial charge in [0.15, 0.2) is 0 Å². The SMILES string of the molecule is CC(C)CC(C)N(C)C1CC(C(C)C)CCC1N. The minimum absolute atomic E-state index is 0.375. The molecular formula is C16H34N2. The maximum Gasteiger partial charge on any atom is 0.0249 e. The minimum Gasteiger partial charge on any atom is -0.326 e. The summed E-state index contributed by atoms with van der Waals surface area (Å²) in [5.74, 6) is 2.43. The molecule has 1 saturated carbocycles. The summed E-state index contributed by atoms with van der Waals surface area (Å²) in [6.45, 7) is 11.7. The second-order valence-electron chi connectivity index (χ2n) is 7.19. The number of likely N-dealkylation sites (N-methyl/N-ethyl adjacent to an activating group) is 1. The predicted molar refractivity (Wildman–Crippen MR) is 80.6 cm³/mol. The Hall–Kier alpha value is -0.0800. The Bertz CT molecular complexity index is 237. The number of hydrogen-bond donors (Lipinski definition) is 1. The maximum atomic E-state index is 6.37. The third-order valence-electron chi connectivity index (χ3n) is 4.88. The van der Waals surface area contributed by atoms with Gasteiger partial charge in [-0.2, -0.15) is 0 Å². The van der Waals surface area contributed by atoms with Gasteiger partial charge in [0.25, 0.3) is 0 Å². The second kappa shape index (κ2) is 6.91. The van der Waals surface area contributed by atoms with E-state index in [0.717, 1.165) is 17.8 Å². The van der Waals surface area contributed by atoms with Gasteiger partial charge in [-0.3, -0.25) is 4.90 Å². The Morgan fingerprint density at radius 3 is 2.22 bits per heavy atom. The van der Waals surface area contributed by atoms with Crippen LogP contribution in [0.25, 0.3) is 0 Å². The minimum atomic E-state index is 0.375. The molecule has 0 bridgehead atoms. The molecule has 0 heterocycles. The normalized spacial score (nSPS) is 31.3. The van der Waals surface area contributed by atoms with Crippen molar-refractivity contribution in [3.8, 4) is 0 Å². The van der Waals surface area contributed by atoms with E-state index in [1.807, 2.05) is 0 Å². The fourth-order valence-corrected chi connectivity index (χ4v) is 3.45. The standard InChI is InChI=1S/C16H34N2/c1-11(2)9-13(5)18(6)16-10-14(12(3)4)7-8-15(16)17/h11-16H,7-10,17H2,1-6H3. The number of nitrogens with zero attached hydrogens (tertiary/aromatic N) is 1. The third-order valence-corrected chi connectivity index (χ3v) is 4.88. The predicted octanol–water partition coefficient (Wildman–Crippen LogP) is 3.50. The lowest BCUT2D eigenvalue weighted by Crippen LogP contribution is -2.53. The second-order valence-corrected chi connectivity index (χ2v) is 7.19. The average Bonchev–Trinajstić information content (AvgIpc) is 2.27. The fourth-order valence-electron chi connectivity index (χ4n) is 3.45. The molecule has 4 atom stereocenters. The Morgan fingerprint density at radius 2 is 1.72 bits per heavy atom. The largest absolute Gasteiger partial charge is 0.326 e. The first kappa shape index (κ1) is 16.0. The van der Waals surface area contributed by atoms with Crippen molar-refractivity contribution in [3.63, 3.8) is 0 Å². The van der Waals surface area contributed by atoms with Crippen LogP contribution < -0.4 is 5.73 Å². The van der Waals surface area contributed by atoms with Gasteiger partial charge in [-0.25, -0.2) is 0 Å². The van der Waals surface area contributed by atoms with Crippen molar-refractivity contribution in [2.45, 2.75) is 78.4 Å². The van der Waals surface area contributed by atoms with Crippen LogP contribution in [0.3, 0.4) is 0 Å². The van der Waals surface area contributed by atoms with Crippen LogP contribution in [0.4, 0.5) is 0 Å². The van der Waals surface area contributed by atoms with E-state index in [1.165, 1.54) is 25.7 Å². The van der Waals surface area contributed by atoms with Gasteiger partial charge in [-0.1, -0.05) is 27.7 Å². The Morgan fingerprint density at radius 1 is 1.11 bits per heavy atom. The van der Waals surface area contributed by atoms with Gasteiger partial charge in [-0.15, -0.1) is 0 Å². The average molecular weight is 254 g/mol. The highest BCUT2D eigenvalue weighted by molar-refractivity contribution is 4.90. The molecule has 2 nitrogen and oxygen atoms in total. The molecule has 0 aromatic heterocycles. The molecule has 18 heavy (non-hydrogen) atoms. The number of hydrogen-bond acceptors (Lipinski definition) is 2. The molecule has 0 saturated heterocycles. The number of nitrogens with two attached hydrogens (primary N) is 1. The van der Waals surface area contributed by atoms with Crippen molar-refractivity contribution >= 4 is 0 Å². The highest BCUT2D eigenvalue weighted by atomic mass is 15.2. The van der Waals surface area contributed by atoms with Crippen LogP contribution in [0.2, 0.25) is 0 Å². The van der Waals surface area contributed by atoms with Gasteiger partial charge in [0.2, 0.25) is 0 Å². The summed E-state index contributed by atoms with van der Waals surface area (Å²) in [7, 11) is 2.28. The molecule has 1 aliphatic rings. The maximum absolute atomic E-state index is 6.37. The highest BCUT2D eigenvalue weighted by Gasteiger charge is 2.33. The molecular weight excluding hydrogens is 220 g/mol. The van der Waals surface area contributed by atoms with Gasteiger partial charge in [0.05, 0.1) is 0 Å². The lowest BCUT2D eigenvalue weighted by Gasteiger charge is -2.43. The first-order valence-corrected chi connectivity index (χ1v) is 7.80. The van der Waals surface area contributed by atoms with E-state index >= 15 is 0 Å². The Labute approximate surface area is 114 Å². The van der Waals surface area contributed by atoms with Gasteiger partial charge in [-0.05, 0) is 57.4 Å². The summed E-state index contributed by atoms with van der Waals surface area (Å²) in [4.78, 5) is 2.55. The van der Waals surface area contributed by atoms with Crippen LogP contribution in [-0.2, 0) is 0 Å². The molecule has 4 unspecified atom stereocenters. The van der Waals surface area contributed by atoms with Crippen LogP contribution in [-0.4, -0.2) is 30.1 Å². The monoisotopic (exact) mass is 254 g/mol. The smallest absolute Gasteiger partial charge is 0.0249 e. The lowest BCUT2D eigenvalue weighted by molar-refractivity contribution is 0.0821. The first-order chi connectivity index (χ1) is 8.32. The van der Waals surface area contributed by atoms with Gasteiger partial charge in [0.1, 0.15) is 0 Å². The summed E-state index contributed by atoms with van der Waals surface area (Å²) < 4.78 is 0. The van der Waals surface area contributed by atoms with Gasteiger partial charge in [0, 0.05) is 18.1 Å². The lowest BCUT2D eigenvalue weighted by atomic mass is 9.76. The van der Waals surface area contributed by atoms with E-state index in [1.54, 1.807) is 0 Å². The zero-order chi connectivity index (χ0) is 13.9. The van der Waals surface area contributed by atoms with E-state index in [9.17, 15) is 0 Å². The van der Waals surface area contributed by atoms with Crippen molar-refractivity contribution in [2.75, 3.05) is 7.05 Å². The van der Waals surface area contributed by atoms with Crippen molar-refractivity contribution in [1.29, 1.82) is 0 Å². The van der Waals surface area contributed by atoms with Crippen molar-refractivity contribution in [1.82, 2.24) is 4.90 Å². The summed E-state index contributed by atoms with van der Waals surface area (Å²) in [6.07, 6.45) is 5.08. The summed E-state index contributed by atoms with van der Waals surface area (Å²) in [5.41, 5.74) is 6.37. The van der Waals surface area contributed by atoms with Crippen LogP contribution in [0.1, 0.15) is 60.3 Å². The fraction of sp³-hybridized carbons (Fsp3) is 1.00. The van der Waals surface area contributed by atoms with Crippen molar-refractivity contribution in [3.05, 3.63) is 0 Å². The zero-order valence-electron chi connectivity index (χ0n) is 13.3. The van der Waals surface area contributed by atoms with Gasteiger partial charge >= 0.3 is 0 Å². The molecule has 1 fully saturated rings. The van der Waals surface area contributed by atoms with E-state index in [4.69, 9.17) is 5.73 Å². The summed E-state index contributed by atoms with van der Waals surface area (Å²) >= 11 is 0. The first-order valence-electron chi connectivity index (χ1n) is 7.80. The molecule has 0 aliphatic heterocycles.